The highest BCUT2D eigenvalue weighted by atomic mass is 35.5. The Morgan fingerprint density at radius 2 is 1.77 bits per heavy atom. The van der Waals surface area contributed by atoms with Crippen molar-refractivity contribution >= 4 is 18.3 Å². The van der Waals surface area contributed by atoms with Gasteiger partial charge in [0, 0.05) is 19.5 Å². The van der Waals surface area contributed by atoms with Crippen molar-refractivity contribution in [1.29, 1.82) is 0 Å². The van der Waals surface area contributed by atoms with Crippen molar-refractivity contribution in [3.8, 4) is 0 Å². The minimum atomic E-state index is 0. The van der Waals surface area contributed by atoms with Crippen molar-refractivity contribution in [3.63, 3.8) is 0 Å². The molecular formula is C18H33ClN2O. The summed E-state index contributed by atoms with van der Waals surface area (Å²) >= 11 is 0. The van der Waals surface area contributed by atoms with Gasteiger partial charge in [-0.05, 0) is 57.0 Å². The zero-order valence-electron chi connectivity index (χ0n) is 13.9. The monoisotopic (exact) mass is 328 g/mol. The number of carbonyl (C=O) groups excluding carboxylic acids is 1. The third-order valence-electron chi connectivity index (χ3n) is 5.13. The van der Waals surface area contributed by atoms with Crippen molar-refractivity contribution in [1.82, 2.24) is 10.2 Å². The molecule has 1 saturated heterocycles. The molecule has 2 aliphatic rings. The molecule has 0 atom stereocenters. The average Bonchev–Trinajstić information content (AvgIpc) is 2.54. The third-order valence-corrected chi connectivity index (χ3v) is 5.13. The Morgan fingerprint density at radius 1 is 1.09 bits per heavy atom. The second-order valence-electron chi connectivity index (χ2n) is 6.82. The second kappa shape index (κ2) is 11.1. The lowest BCUT2D eigenvalue weighted by atomic mass is 9.88. The van der Waals surface area contributed by atoms with E-state index in [1.165, 1.54) is 44.9 Å². The zero-order chi connectivity index (χ0) is 14.9. The molecule has 2 fully saturated rings. The highest BCUT2D eigenvalue weighted by molar-refractivity contribution is 5.85. The minimum absolute atomic E-state index is 0. The maximum Gasteiger partial charge on any atom is 0.222 e. The van der Waals surface area contributed by atoms with E-state index in [9.17, 15) is 4.79 Å². The molecule has 22 heavy (non-hydrogen) atoms. The SMILES string of the molecule is C=CCN(CC1CCCCC1)C(=O)CCC1CCNCC1.Cl. The van der Waals surface area contributed by atoms with Crippen LogP contribution in [0.2, 0.25) is 0 Å². The number of hydrogen-bond acceptors (Lipinski definition) is 2. The summed E-state index contributed by atoms with van der Waals surface area (Å²) in [6, 6.07) is 0. The first-order chi connectivity index (χ1) is 10.3. The fraction of sp³-hybridized carbons (Fsp3) is 0.833. The molecule has 4 heteroatoms. The van der Waals surface area contributed by atoms with Gasteiger partial charge >= 0.3 is 0 Å². The molecule has 0 spiro atoms. The van der Waals surface area contributed by atoms with Gasteiger partial charge in [-0.25, -0.2) is 0 Å². The van der Waals surface area contributed by atoms with Gasteiger partial charge in [0.15, 0.2) is 0 Å². The highest BCUT2D eigenvalue weighted by Crippen LogP contribution is 2.25. The molecule has 128 valence electrons. The Hall–Kier alpha value is -0.540. The first-order valence-electron chi connectivity index (χ1n) is 8.89. The van der Waals surface area contributed by atoms with Gasteiger partial charge in [-0.15, -0.1) is 19.0 Å². The number of rotatable bonds is 7. The van der Waals surface area contributed by atoms with Gasteiger partial charge in [-0.2, -0.15) is 0 Å². The van der Waals surface area contributed by atoms with E-state index in [1.54, 1.807) is 0 Å². The van der Waals surface area contributed by atoms with Gasteiger partial charge in [0.2, 0.25) is 5.91 Å². The molecular weight excluding hydrogens is 296 g/mol. The molecule has 1 aliphatic heterocycles. The van der Waals surface area contributed by atoms with E-state index >= 15 is 0 Å². The number of carbonyl (C=O) groups is 1. The van der Waals surface area contributed by atoms with Crippen LogP contribution in [0.1, 0.15) is 57.8 Å². The van der Waals surface area contributed by atoms with Crippen LogP contribution in [-0.2, 0) is 4.79 Å². The van der Waals surface area contributed by atoms with Gasteiger partial charge in [0.05, 0.1) is 0 Å². The third kappa shape index (κ3) is 6.70. The van der Waals surface area contributed by atoms with Crippen LogP contribution in [0, 0.1) is 11.8 Å². The summed E-state index contributed by atoms with van der Waals surface area (Å²) in [5.41, 5.74) is 0. The highest BCUT2D eigenvalue weighted by Gasteiger charge is 2.21. The standard InChI is InChI=1S/C18H32N2O.ClH/c1-2-14-20(15-17-6-4-3-5-7-17)18(21)9-8-16-10-12-19-13-11-16;/h2,16-17,19H,1,3-15H2;1H. The van der Waals surface area contributed by atoms with E-state index in [-0.39, 0.29) is 12.4 Å². The molecule has 1 saturated carbocycles. The number of nitrogens with one attached hydrogen (secondary N) is 1. The van der Waals surface area contributed by atoms with Gasteiger partial charge in [0.1, 0.15) is 0 Å². The van der Waals surface area contributed by atoms with E-state index in [2.05, 4.69) is 16.8 Å². The van der Waals surface area contributed by atoms with E-state index < -0.39 is 0 Å². The van der Waals surface area contributed by atoms with Crippen LogP contribution in [0.15, 0.2) is 12.7 Å². The average molecular weight is 329 g/mol. The molecule has 3 nitrogen and oxygen atoms in total. The van der Waals surface area contributed by atoms with Crippen LogP contribution in [0.5, 0.6) is 0 Å². The summed E-state index contributed by atoms with van der Waals surface area (Å²) in [5.74, 6) is 1.82. The van der Waals surface area contributed by atoms with Gasteiger partial charge < -0.3 is 10.2 Å². The zero-order valence-corrected chi connectivity index (χ0v) is 14.7. The van der Waals surface area contributed by atoms with Crippen molar-refractivity contribution in [2.75, 3.05) is 26.2 Å². The molecule has 0 aromatic rings. The first kappa shape index (κ1) is 19.5. The van der Waals surface area contributed by atoms with Crippen LogP contribution in [-0.4, -0.2) is 37.0 Å². The summed E-state index contributed by atoms with van der Waals surface area (Å²) in [5, 5.41) is 3.39. The Labute approximate surface area is 142 Å². The van der Waals surface area contributed by atoms with E-state index in [0.29, 0.717) is 5.91 Å². The summed E-state index contributed by atoms with van der Waals surface area (Å²) in [7, 11) is 0. The van der Waals surface area contributed by atoms with Crippen molar-refractivity contribution in [3.05, 3.63) is 12.7 Å². The maximum atomic E-state index is 12.5. The van der Waals surface area contributed by atoms with Crippen molar-refractivity contribution < 1.29 is 4.79 Å². The fourth-order valence-corrected chi connectivity index (χ4v) is 3.77. The quantitative estimate of drug-likeness (QED) is 0.721. The van der Waals surface area contributed by atoms with Gasteiger partial charge in [0.25, 0.3) is 0 Å². The Morgan fingerprint density at radius 3 is 2.41 bits per heavy atom. The van der Waals surface area contributed by atoms with E-state index in [0.717, 1.165) is 50.9 Å². The molecule has 1 N–H and O–H groups in total. The molecule has 1 amide bonds. The number of piperidine rings is 1. The summed E-state index contributed by atoms with van der Waals surface area (Å²) in [6.45, 7) is 7.75. The molecule has 1 aliphatic carbocycles. The second-order valence-corrected chi connectivity index (χ2v) is 6.82. The van der Waals surface area contributed by atoms with Crippen molar-refractivity contribution in [2.45, 2.75) is 57.8 Å². The largest absolute Gasteiger partial charge is 0.339 e. The maximum absolute atomic E-state index is 12.5. The van der Waals surface area contributed by atoms with Crippen LogP contribution in [0.3, 0.4) is 0 Å². The molecule has 0 unspecified atom stereocenters. The molecule has 0 radical (unpaired) electrons. The van der Waals surface area contributed by atoms with E-state index in [1.807, 2.05) is 6.08 Å². The predicted octanol–water partition coefficient (Wildman–Crippen LogP) is 3.78. The fourth-order valence-electron chi connectivity index (χ4n) is 3.77. The summed E-state index contributed by atoms with van der Waals surface area (Å²) < 4.78 is 0. The number of nitrogens with zero attached hydrogens (tertiary/aromatic N) is 1. The molecule has 0 bridgehead atoms. The molecule has 0 aromatic heterocycles. The van der Waals surface area contributed by atoms with Crippen LogP contribution >= 0.6 is 12.4 Å². The normalized spacial score (nSPS) is 20.2. The van der Waals surface area contributed by atoms with Crippen LogP contribution < -0.4 is 5.32 Å². The van der Waals surface area contributed by atoms with E-state index in [4.69, 9.17) is 0 Å². The Bertz CT molecular complexity index is 323. The smallest absolute Gasteiger partial charge is 0.222 e. The molecule has 1 heterocycles. The lowest BCUT2D eigenvalue weighted by Crippen LogP contribution is -2.36. The predicted molar refractivity (Wildman–Crippen MR) is 95.4 cm³/mol. The minimum Gasteiger partial charge on any atom is -0.339 e. The topological polar surface area (TPSA) is 32.3 Å². The molecule has 2 rings (SSSR count). The number of hydrogen-bond donors (Lipinski definition) is 1. The summed E-state index contributed by atoms with van der Waals surface area (Å²) in [6.07, 6.45) is 12.8. The lowest BCUT2D eigenvalue weighted by molar-refractivity contribution is -0.131. The summed E-state index contributed by atoms with van der Waals surface area (Å²) in [4.78, 5) is 14.6. The van der Waals surface area contributed by atoms with Crippen molar-refractivity contribution in [2.24, 2.45) is 11.8 Å². The van der Waals surface area contributed by atoms with Gasteiger partial charge in [-0.3, -0.25) is 4.79 Å². The van der Waals surface area contributed by atoms with Crippen LogP contribution in [0.25, 0.3) is 0 Å². The van der Waals surface area contributed by atoms with Crippen LogP contribution in [0.4, 0.5) is 0 Å². The molecule has 0 aromatic carbocycles. The van der Waals surface area contributed by atoms with Gasteiger partial charge in [-0.1, -0.05) is 25.3 Å². The number of amides is 1. The number of halogens is 1. The Kier molecular flexibility index (Phi) is 9.81. The Balaban J connectivity index is 0.00000242. The lowest BCUT2D eigenvalue weighted by Gasteiger charge is -2.30. The first-order valence-corrected chi connectivity index (χ1v) is 8.89.